The summed E-state index contributed by atoms with van der Waals surface area (Å²) in [6.45, 7) is 1.06. The van der Waals surface area contributed by atoms with E-state index >= 15 is 0 Å². The Kier molecular flexibility index (Phi) is 4.90. The number of halogens is 2. The Bertz CT molecular complexity index is 721. The minimum atomic E-state index is -0.494. The first kappa shape index (κ1) is 16.6. The minimum absolute atomic E-state index is 0.0763. The number of hydrogen-bond acceptors (Lipinski definition) is 2. The minimum Gasteiger partial charge on any atom is -0.340 e. The van der Waals surface area contributed by atoms with Crippen molar-refractivity contribution in [3.8, 4) is 0 Å². The number of benzene rings is 2. The summed E-state index contributed by atoms with van der Waals surface area (Å²) < 4.78 is 26.8. The van der Waals surface area contributed by atoms with Crippen LogP contribution in [0.15, 0.2) is 48.5 Å². The molecule has 0 saturated carbocycles. The van der Waals surface area contributed by atoms with Crippen LogP contribution in [-0.4, -0.2) is 29.9 Å². The fraction of sp³-hybridized carbons (Fsp3) is 0.316. The second kappa shape index (κ2) is 7.09. The SMILES string of the molecule is N[C@@H]1CN(C(=O)CCc2cc(F)ccc2F)C[C@H]1c1ccccc1. The van der Waals surface area contributed by atoms with Gasteiger partial charge in [-0.2, -0.15) is 0 Å². The van der Waals surface area contributed by atoms with Crippen LogP contribution in [0.3, 0.4) is 0 Å². The molecule has 5 heteroatoms. The lowest BCUT2D eigenvalue weighted by molar-refractivity contribution is -0.130. The summed E-state index contributed by atoms with van der Waals surface area (Å²) in [7, 11) is 0. The summed E-state index contributed by atoms with van der Waals surface area (Å²) in [6.07, 6.45) is 0.332. The monoisotopic (exact) mass is 330 g/mol. The van der Waals surface area contributed by atoms with Gasteiger partial charge < -0.3 is 10.6 Å². The van der Waals surface area contributed by atoms with Gasteiger partial charge in [0.2, 0.25) is 5.91 Å². The highest BCUT2D eigenvalue weighted by Crippen LogP contribution is 2.27. The van der Waals surface area contributed by atoms with Gasteiger partial charge >= 0.3 is 0 Å². The molecule has 2 N–H and O–H groups in total. The van der Waals surface area contributed by atoms with Crippen LogP contribution < -0.4 is 5.73 Å². The van der Waals surface area contributed by atoms with E-state index in [1.54, 1.807) is 4.90 Å². The topological polar surface area (TPSA) is 46.3 Å². The van der Waals surface area contributed by atoms with E-state index in [0.717, 1.165) is 23.8 Å². The lowest BCUT2D eigenvalue weighted by atomic mass is 9.95. The predicted molar refractivity (Wildman–Crippen MR) is 88.4 cm³/mol. The first-order chi connectivity index (χ1) is 11.5. The summed E-state index contributed by atoms with van der Waals surface area (Å²) in [4.78, 5) is 14.1. The quantitative estimate of drug-likeness (QED) is 0.937. The smallest absolute Gasteiger partial charge is 0.222 e. The van der Waals surface area contributed by atoms with Crippen LogP contribution >= 0.6 is 0 Å². The van der Waals surface area contributed by atoms with E-state index in [0.29, 0.717) is 13.1 Å². The fourth-order valence-electron chi connectivity index (χ4n) is 3.22. The zero-order chi connectivity index (χ0) is 17.1. The largest absolute Gasteiger partial charge is 0.340 e. The van der Waals surface area contributed by atoms with Gasteiger partial charge in [-0.1, -0.05) is 30.3 Å². The van der Waals surface area contributed by atoms with Crippen molar-refractivity contribution < 1.29 is 13.6 Å². The Hall–Kier alpha value is -2.27. The second-order valence-corrected chi connectivity index (χ2v) is 6.22. The van der Waals surface area contributed by atoms with E-state index in [1.165, 1.54) is 0 Å². The molecule has 2 aromatic carbocycles. The Labute approximate surface area is 140 Å². The number of nitrogens with two attached hydrogens (primary N) is 1. The molecule has 2 atom stereocenters. The number of likely N-dealkylation sites (tertiary alicyclic amines) is 1. The summed E-state index contributed by atoms with van der Waals surface area (Å²) in [5.74, 6) is -0.940. The van der Waals surface area contributed by atoms with Crippen LogP contribution in [0.5, 0.6) is 0 Å². The van der Waals surface area contributed by atoms with Gasteiger partial charge in [0.15, 0.2) is 0 Å². The van der Waals surface area contributed by atoms with Crippen LogP contribution in [0.25, 0.3) is 0 Å². The van der Waals surface area contributed by atoms with Crippen LogP contribution in [0.1, 0.15) is 23.5 Å². The maximum absolute atomic E-state index is 13.6. The van der Waals surface area contributed by atoms with Crippen LogP contribution in [0.4, 0.5) is 8.78 Å². The molecular weight excluding hydrogens is 310 g/mol. The molecule has 1 saturated heterocycles. The highest BCUT2D eigenvalue weighted by molar-refractivity contribution is 5.77. The van der Waals surface area contributed by atoms with Gasteiger partial charge in [-0.3, -0.25) is 4.79 Å². The third-order valence-corrected chi connectivity index (χ3v) is 4.56. The molecule has 1 aliphatic rings. The molecule has 1 fully saturated rings. The first-order valence-corrected chi connectivity index (χ1v) is 8.07. The molecule has 0 spiro atoms. The third-order valence-electron chi connectivity index (χ3n) is 4.56. The molecule has 0 unspecified atom stereocenters. The molecule has 126 valence electrons. The van der Waals surface area contributed by atoms with Crippen LogP contribution in [-0.2, 0) is 11.2 Å². The number of hydrogen-bond donors (Lipinski definition) is 1. The maximum Gasteiger partial charge on any atom is 0.222 e. The van der Waals surface area contributed by atoms with Crippen molar-refractivity contribution in [1.82, 2.24) is 4.90 Å². The molecule has 1 heterocycles. The molecule has 0 bridgehead atoms. The molecule has 3 rings (SSSR count). The number of nitrogens with zero attached hydrogens (tertiary/aromatic N) is 1. The third kappa shape index (κ3) is 3.62. The Morgan fingerprint density at radius 1 is 1.12 bits per heavy atom. The number of rotatable bonds is 4. The summed E-state index contributed by atoms with van der Waals surface area (Å²) in [5, 5.41) is 0. The molecule has 1 amide bonds. The normalized spacial score (nSPS) is 20.4. The molecule has 24 heavy (non-hydrogen) atoms. The summed E-state index contributed by atoms with van der Waals surface area (Å²) >= 11 is 0. The Balaban J connectivity index is 1.61. The molecule has 3 nitrogen and oxygen atoms in total. The second-order valence-electron chi connectivity index (χ2n) is 6.22. The van der Waals surface area contributed by atoms with Crippen molar-refractivity contribution in [3.05, 3.63) is 71.3 Å². The predicted octanol–water partition coefficient (Wildman–Crippen LogP) is 2.85. The first-order valence-electron chi connectivity index (χ1n) is 8.07. The summed E-state index contributed by atoms with van der Waals surface area (Å²) in [5.41, 5.74) is 7.54. The number of carbonyl (C=O) groups excluding carboxylic acids is 1. The molecule has 0 radical (unpaired) electrons. The van der Waals surface area contributed by atoms with E-state index in [9.17, 15) is 13.6 Å². The lowest BCUT2D eigenvalue weighted by Gasteiger charge is -2.16. The molecule has 1 aliphatic heterocycles. The number of carbonyl (C=O) groups is 1. The van der Waals surface area contributed by atoms with Crippen LogP contribution in [0, 0.1) is 11.6 Å². The van der Waals surface area contributed by atoms with E-state index in [-0.39, 0.29) is 36.3 Å². The van der Waals surface area contributed by atoms with E-state index in [4.69, 9.17) is 5.73 Å². The van der Waals surface area contributed by atoms with Gasteiger partial charge in [0.05, 0.1) is 0 Å². The highest BCUT2D eigenvalue weighted by Gasteiger charge is 2.33. The lowest BCUT2D eigenvalue weighted by Crippen LogP contribution is -2.32. The van der Waals surface area contributed by atoms with Gasteiger partial charge in [0.1, 0.15) is 11.6 Å². The van der Waals surface area contributed by atoms with Crippen molar-refractivity contribution in [2.75, 3.05) is 13.1 Å². The van der Waals surface area contributed by atoms with Gasteiger partial charge in [0, 0.05) is 31.5 Å². The van der Waals surface area contributed by atoms with Crippen LogP contribution in [0.2, 0.25) is 0 Å². The number of aryl methyl sites for hydroxylation is 1. The van der Waals surface area contributed by atoms with Gasteiger partial charge in [-0.25, -0.2) is 8.78 Å². The van der Waals surface area contributed by atoms with Gasteiger partial charge in [-0.15, -0.1) is 0 Å². The van der Waals surface area contributed by atoms with Crippen molar-refractivity contribution >= 4 is 5.91 Å². The van der Waals surface area contributed by atoms with E-state index in [2.05, 4.69) is 0 Å². The Morgan fingerprint density at radius 3 is 2.62 bits per heavy atom. The highest BCUT2D eigenvalue weighted by atomic mass is 19.1. The van der Waals surface area contributed by atoms with Crippen molar-refractivity contribution in [3.63, 3.8) is 0 Å². The fourth-order valence-corrected chi connectivity index (χ4v) is 3.22. The molecule has 0 aliphatic carbocycles. The van der Waals surface area contributed by atoms with Crippen molar-refractivity contribution in [2.45, 2.75) is 24.8 Å². The maximum atomic E-state index is 13.6. The molecular formula is C19H20F2N2O. The number of amides is 1. The van der Waals surface area contributed by atoms with Gasteiger partial charge in [0.25, 0.3) is 0 Å². The molecule has 0 aromatic heterocycles. The summed E-state index contributed by atoms with van der Waals surface area (Å²) in [6, 6.07) is 13.1. The molecule has 2 aromatic rings. The van der Waals surface area contributed by atoms with E-state index in [1.807, 2.05) is 30.3 Å². The standard InChI is InChI=1S/C19H20F2N2O/c20-15-7-8-17(21)14(10-15)6-9-19(24)23-11-16(18(22)12-23)13-4-2-1-3-5-13/h1-5,7-8,10,16,18H,6,9,11-12,22H2/t16-,18+/m0/s1. The average molecular weight is 330 g/mol. The van der Waals surface area contributed by atoms with Gasteiger partial charge in [-0.05, 0) is 35.7 Å². The van der Waals surface area contributed by atoms with E-state index < -0.39 is 11.6 Å². The van der Waals surface area contributed by atoms with Crippen molar-refractivity contribution in [1.29, 1.82) is 0 Å². The zero-order valence-electron chi connectivity index (χ0n) is 13.3. The zero-order valence-corrected chi connectivity index (χ0v) is 13.3. The Morgan fingerprint density at radius 2 is 1.88 bits per heavy atom. The average Bonchev–Trinajstić information content (AvgIpc) is 2.98. The van der Waals surface area contributed by atoms with Crippen molar-refractivity contribution in [2.24, 2.45) is 5.73 Å².